The van der Waals surface area contributed by atoms with Crippen molar-refractivity contribution in [1.82, 2.24) is 5.32 Å². The molecule has 0 heterocycles. The molecule has 0 spiro atoms. The molecular formula is C16H10Cl2F4N2O4S. The third kappa shape index (κ3) is 4.80. The maximum atomic E-state index is 13.3. The molecule has 6 nitrogen and oxygen atoms in total. The molecule has 0 saturated carbocycles. The Morgan fingerprint density at radius 3 is 2.17 bits per heavy atom. The van der Waals surface area contributed by atoms with E-state index in [1.54, 1.807) is 6.07 Å². The average molecular weight is 473 g/mol. The zero-order valence-electron chi connectivity index (χ0n) is 13.9. The van der Waals surface area contributed by atoms with Gasteiger partial charge in [-0.05, 0) is 30.3 Å². The number of carbonyl (C=O) groups excluding carboxylic acids is 2. The summed E-state index contributed by atoms with van der Waals surface area (Å²) in [5.41, 5.74) is -0.276. The van der Waals surface area contributed by atoms with Gasteiger partial charge in [0.2, 0.25) is 9.84 Å². The number of hydrogen-bond acceptors (Lipinski definition) is 4. The van der Waals surface area contributed by atoms with E-state index in [0.717, 1.165) is 6.07 Å². The highest BCUT2D eigenvalue weighted by Crippen LogP contribution is 2.36. The predicted molar refractivity (Wildman–Crippen MR) is 97.5 cm³/mol. The summed E-state index contributed by atoms with van der Waals surface area (Å²) < 4.78 is 74.6. The molecule has 0 bridgehead atoms. The minimum Gasteiger partial charge on any atom is -0.306 e. The van der Waals surface area contributed by atoms with E-state index in [4.69, 9.17) is 23.2 Å². The third-order valence-electron chi connectivity index (χ3n) is 3.46. The summed E-state index contributed by atoms with van der Waals surface area (Å²) in [6.45, 7) is 0. The quantitative estimate of drug-likeness (QED) is 0.622. The molecule has 0 aromatic heterocycles. The van der Waals surface area contributed by atoms with Gasteiger partial charge < -0.3 is 5.32 Å². The minimum absolute atomic E-state index is 0.00825. The van der Waals surface area contributed by atoms with Crippen molar-refractivity contribution in [1.29, 1.82) is 0 Å². The highest BCUT2D eigenvalue weighted by molar-refractivity contribution is 7.92. The summed E-state index contributed by atoms with van der Waals surface area (Å²) in [6.07, 6.45) is -4.45. The smallest absolute Gasteiger partial charge is 0.306 e. The molecule has 13 heteroatoms. The van der Waals surface area contributed by atoms with E-state index < -0.39 is 43.4 Å². The number of sulfone groups is 1. The molecule has 2 rings (SSSR count). The first-order valence-electron chi connectivity index (χ1n) is 7.45. The van der Waals surface area contributed by atoms with Crippen molar-refractivity contribution in [2.24, 2.45) is 0 Å². The number of rotatable bonds is 5. The molecule has 0 saturated heterocycles. The van der Waals surface area contributed by atoms with E-state index in [9.17, 15) is 35.6 Å². The molecule has 3 amide bonds. The molecule has 156 valence electrons. The second-order valence-electron chi connectivity index (χ2n) is 5.40. The van der Waals surface area contributed by atoms with E-state index in [0.29, 0.717) is 12.1 Å². The van der Waals surface area contributed by atoms with Gasteiger partial charge in [0.25, 0.3) is 5.91 Å². The van der Waals surface area contributed by atoms with E-state index in [2.05, 4.69) is 5.32 Å². The van der Waals surface area contributed by atoms with Gasteiger partial charge in [0.05, 0.1) is 26.2 Å². The van der Waals surface area contributed by atoms with Crippen LogP contribution in [0.25, 0.3) is 0 Å². The fourth-order valence-electron chi connectivity index (χ4n) is 2.01. The van der Waals surface area contributed by atoms with Gasteiger partial charge in [-0.15, -0.1) is 0 Å². The highest BCUT2D eigenvalue weighted by Gasteiger charge is 2.54. The van der Waals surface area contributed by atoms with Crippen molar-refractivity contribution in [2.75, 3.05) is 5.32 Å². The van der Waals surface area contributed by atoms with Crippen LogP contribution in [-0.2, 0) is 9.84 Å². The number of imide groups is 1. The Balaban J connectivity index is 2.18. The Labute approximate surface area is 171 Å². The first-order valence-corrected chi connectivity index (χ1v) is 9.69. The van der Waals surface area contributed by atoms with Crippen molar-refractivity contribution in [3.05, 3.63) is 58.1 Å². The first-order chi connectivity index (χ1) is 13.4. The molecule has 0 aliphatic rings. The van der Waals surface area contributed by atoms with Gasteiger partial charge in [0.1, 0.15) is 0 Å². The predicted octanol–water partition coefficient (Wildman–Crippen LogP) is 4.59. The summed E-state index contributed by atoms with van der Waals surface area (Å²) in [5, 5.41) is -1.78. The third-order valence-corrected chi connectivity index (χ3v) is 5.87. The maximum absolute atomic E-state index is 13.3. The number of benzene rings is 2. The lowest BCUT2D eigenvalue weighted by Crippen LogP contribution is -2.36. The Kier molecular flexibility index (Phi) is 6.76. The van der Waals surface area contributed by atoms with Crippen molar-refractivity contribution >= 4 is 50.7 Å². The van der Waals surface area contributed by atoms with Crippen LogP contribution < -0.4 is 10.6 Å². The number of carbonyl (C=O) groups is 2. The lowest BCUT2D eigenvalue weighted by atomic mass is 10.2. The number of hydrogen-bond donors (Lipinski definition) is 2. The summed E-state index contributed by atoms with van der Waals surface area (Å²) in [7, 11) is -5.73. The van der Waals surface area contributed by atoms with E-state index in [-0.39, 0.29) is 16.3 Å². The monoisotopic (exact) mass is 472 g/mol. The lowest BCUT2D eigenvalue weighted by Gasteiger charge is -2.16. The van der Waals surface area contributed by atoms with Crippen LogP contribution in [0.1, 0.15) is 10.4 Å². The number of anilines is 1. The molecule has 29 heavy (non-hydrogen) atoms. The number of amides is 3. The molecule has 0 fully saturated rings. The van der Waals surface area contributed by atoms with Crippen LogP contribution in [0, 0.1) is 0 Å². The lowest BCUT2D eigenvalue weighted by molar-refractivity contribution is -0.0636. The van der Waals surface area contributed by atoms with Gasteiger partial charge in [0, 0.05) is 0 Å². The van der Waals surface area contributed by atoms with Crippen LogP contribution in [0.3, 0.4) is 0 Å². The van der Waals surface area contributed by atoms with Crippen LogP contribution in [0.5, 0.6) is 0 Å². The number of halogens is 6. The first kappa shape index (κ1) is 22.9. The molecule has 2 N–H and O–H groups in total. The SMILES string of the molecule is O=C(NC(=O)c1ccccc1Cl)Nc1ccc(S(=O)(=O)C(F)(F)C(F)F)cc1Cl. The van der Waals surface area contributed by atoms with Crippen molar-refractivity contribution in [3.63, 3.8) is 0 Å². The maximum Gasteiger partial charge on any atom is 0.408 e. The van der Waals surface area contributed by atoms with E-state index in [1.807, 2.05) is 5.32 Å². The fourth-order valence-corrected chi connectivity index (χ4v) is 3.59. The standard InChI is InChI=1S/C16H10Cl2F4N2O4S/c17-10-4-2-1-3-9(10)13(25)24-15(26)23-12-6-5-8(7-11(12)18)29(27,28)16(21,22)14(19)20/h1-7,14H,(H2,23,24,25,26). The van der Waals surface area contributed by atoms with Crippen LogP contribution >= 0.6 is 23.2 Å². The van der Waals surface area contributed by atoms with Crippen LogP contribution in [0.2, 0.25) is 10.0 Å². The molecule has 0 aliphatic heterocycles. The summed E-state index contributed by atoms with van der Waals surface area (Å²) in [5.74, 6) is -0.861. The van der Waals surface area contributed by atoms with E-state index in [1.165, 1.54) is 18.2 Å². The van der Waals surface area contributed by atoms with Crippen molar-refractivity contribution in [3.8, 4) is 0 Å². The largest absolute Gasteiger partial charge is 0.408 e. The van der Waals surface area contributed by atoms with Crippen LogP contribution in [-0.4, -0.2) is 32.0 Å². The van der Waals surface area contributed by atoms with Gasteiger partial charge in [0.15, 0.2) is 0 Å². The minimum atomic E-state index is -5.73. The topological polar surface area (TPSA) is 92.3 Å². The molecule has 0 radical (unpaired) electrons. The zero-order valence-corrected chi connectivity index (χ0v) is 16.3. The molecule has 2 aromatic rings. The number of nitrogens with one attached hydrogen (secondary N) is 2. The molecule has 0 unspecified atom stereocenters. The summed E-state index contributed by atoms with van der Waals surface area (Å²) in [6, 6.07) is 6.57. The highest BCUT2D eigenvalue weighted by atomic mass is 35.5. The molecule has 0 aliphatic carbocycles. The zero-order chi connectivity index (χ0) is 22.0. The summed E-state index contributed by atoms with van der Waals surface area (Å²) in [4.78, 5) is 22.7. The Hall–Kier alpha value is -2.37. The van der Waals surface area contributed by atoms with Crippen LogP contribution in [0.4, 0.5) is 28.0 Å². The summed E-state index contributed by atoms with van der Waals surface area (Å²) >= 11 is 11.6. The second kappa shape index (κ2) is 8.56. The number of urea groups is 1. The van der Waals surface area contributed by atoms with Gasteiger partial charge in [-0.1, -0.05) is 35.3 Å². The molecule has 2 aromatic carbocycles. The fraction of sp³-hybridized carbons (Fsp3) is 0.125. The van der Waals surface area contributed by atoms with Crippen LogP contribution in [0.15, 0.2) is 47.4 Å². The molecular weight excluding hydrogens is 463 g/mol. The Morgan fingerprint density at radius 1 is 1.00 bits per heavy atom. The van der Waals surface area contributed by atoms with Gasteiger partial charge in [-0.3, -0.25) is 10.1 Å². The second-order valence-corrected chi connectivity index (χ2v) is 8.23. The normalized spacial score (nSPS) is 12.0. The molecule has 0 atom stereocenters. The van der Waals surface area contributed by atoms with Crippen molar-refractivity contribution in [2.45, 2.75) is 16.6 Å². The van der Waals surface area contributed by atoms with Gasteiger partial charge >= 0.3 is 17.7 Å². The number of alkyl halides is 4. The van der Waals surface area contributed by atoms with Crippen molar-refractivity contribution < 1.29 is 35.6 Å². The van der Waals surface area contributed by atoms with E-state index >= 15 is 0 Å². The average Bonchev–Trinajstić information content (AvgIpc) is 2.63. The Bertz CT molecular complexity index is 1060. The van der Waals surface area contributed by atoms with Gasteiger partial charge in [-0.2, -0.15) is 8.78 Å². The Morgan fingerprint density at radius 2 is 1.62 bits per heavy atom. The van der Waals surface area contributed by atoms with Gasteiger partial charge in [-0.25, -0.2) is 22.0 Å².